The molecule has 1 aromatic heterocycles. The van der Waals surface area contributed by atoms with Crippen molar-refractivity contribution in [1.29, 1.82) is 0 Å². The third kappa shape index (κ3) is 1.65. The number of nitrogens with zero attached hydrogens (tertiary/aromatic N) is 4. The predicted octanol–water partition coefficient (Wildman–Crippen LogP) is 0.356. The number of aromatic nitrogens is 3. The molecule has 1 N–H and O–H groups in total. The highest BCUT2D eigenvalue weighted by molar-refractivity contribution is 4.92. The Morgan fingerprint density at radius 1 is 1.57 bits per heavy atom. The summed E-state index contributed by atoms with van der Waals surface area (Å²) in [4.78, 5) is 2.29. The van der Waals surface area contributed by atoms with Crippen molar-refractivity contribution >= 4 is 0 Å². The van der Waals surface area contributed by atoms with Crippen LogP contribution in [0.1, 0.15) is 25.2 Å². The van der Waals surface area contributed by atoms with Crippen LogP contribution >= 0.6 is 0 Å². The minimum atomic E-state index is 0.295. The van der Waals surface area contributed by atoms with Crippen molar-refractivity contribution in [3.63, 3.8) is 0 Å². The lowest BCUT2D eigenvalue weighted by Crippen LogP contribution is -2.48. The maximum atomic E-state index is 4.08. The summed E-state index contributed by atoms with van der Waals surface area (Å²) in [7, 11) is 2.13. The molecule has 2 rings (SSSR count). The Balaban J connectivity index is 2.10. The Kier molecular flexibility index (Phi) is 2.52. The second-order valence-electron chi connectivity index (χ2n) is 4.04. The number of hydrogen-bond donors (Lipinski definition) is 1. The van der Waals surface area contributed by atoms with Crippen LogP contribution in [0.3, 0.4) is 0 Å². The molecule has 1 fully saturated rings. The number of rotatable bonds is 1. The predicted molar refractivity (Wildman–Crippen MR) is 53.6 cm³/mol. The van der Waals surface area contributed by atoms with Crippen LogP contribution in [0, 0.1) is 6.92 Å². The highest BCUT2D eigenvalue weighted by atomic mass is 15.5. The van der Waals surface area contributed by atoms with Crippen molar-refractivity contribution < 1.29 is 0 Å². The molecule has 14 heavy (non-hydrogen) atoms. The van der Waals surface area contributed by atoms with Gasteiger partial charge in [-0.3, -0.25) is 10.2 Å². The zero-order valence-electron chi connectivity index (χ0n) is 8.94. The number of aryl methyl sites for hydroxylation is 1. The number of hydrogen-bond acceptors (Lipinski definition) is 4. The Morgan fingerprint density at radius 2 is 2.36 bits per heavy atom. The summed E-state index contributed by atoms with van der Waals surface area (Å²) in [6.45, 7) is 5.18. The molecule has 0 amide bonds. The quantitative estimate of drug-likeness (QED) is 0.702. The zero-order valence-corrected chi connectivity index (χ0v) is 8.94. The molecule has 0 bridgehead atoms. The van der Waals surface area contributed by atoms with E-state index in [2.05, 4.69) is 34.5 Å². The minimum absolute atomic E-state index is 0.295. The van der Waals surface area contributed by atoms with Crippen LogP contribution in [0.25, 0.3) is 0 Å². The molecule has 2 atom stereocenters. The fourth-order valence-corrected chi connectivity index (χ4v) is 1.78. The molecule has 1 aliphatic rings. The highest BCUT2D eigenvalue weighted by Crippen LogP contribution is 2.18. The van der Waals surface area contributed by atoms with E-state index in [9.17, 15) is 0 Å². The molecule has 5 nitrogen and oxygen atoms in total. The first kappa shape index (κ1) is 9.61. The van der Waals surface area contributed by atoms with E-state index < -0.39 is 0 Å². The zero-order chi connectivity index (χ0) is 10.1. The van der Waals surface area contributed by atoms with Crippen molar-refractivity contribution in [3.8, 4) is 0 Å². The largest absolute Gasteiger partial charge is 0.291 e. The maximum Gasteiger partial charge on any atom is 0.106 e. The SMILES string of the molecule is Cc1cnnn1[C@@H]1C[C@H](C)N(C)CN1. The molecular weight excluding hydrogens is 178 g/mol. The van der Waals surface area contributed by atoms with E-state index in [1.165, 1.54) is 0 Å². The van der Waals surface area contributed by atoms with Gasteiger partial charge in [0.25, 0.3) is 0 Å². The van der Waals surface area contributed by atoms with Gasteiger partial charge in [-0.15, -0.1) is 5.10 Å². The van der Waals surface area contributed by atoms with Gasteiger partial charge in [-0.2, -0.15) is 0 Å². The lowest BCUT2D eigenvalue weighted by molar-refractivity contribution is 0.118. The maximum absolute atomic E-state index is 4.08. The van der Waals surface area contributed by atoms with Gasteiger partial charge in [0.15, 0.2) is 0 Å². The molecule has 1 aliphatic heterocycles. The Hall–Kier alpha value is -0.940. The van der Waals surface area contributed by atoms with Crippen LogP contribution in [0.4, 0.5) is 0 Å². The van der Waals surface area contributed by atoms with E-state index >= 15 is 0 Å². The molecule has 0 unspecified atom stereocenters. The van der Waals surface area contributed by atoms with Gasteiger partial charge in [-0.1, -0.05) is 5.21 Å². The molecule has 1 saturated heterocycles. The molecule has 0 aliphatic carbocycles. The summed E-state index contributed by atoms with van der Waals surface area (Å²) in [5.74, 6) is 0. The first-order chi connectivity index (χ1) is 6.68. The van der Waals surface area contributed by atoms with Gasteiger partial charge >= 0.3 is 0 Å². The van der Waals surface area contributed by atoms with Crippen molar-refractivity contribution in [2.45, 2.75) is 32.5 Å². The van der Waals surface area contributed by atoms with E-state index in [4.69, 9.17) is 0 Å². The van der Waals surface area contributed by atoms with Crippen LogP contribution in [0.5, 0.6) is 0 Å². The van der Waals surface area contributed by atoms with Crippen LogP contribution in [0.2, 0.25) is 0 Å². The summed E-state index contributed by atoms with van der Waals surface area (Å²) < 4.78 is 1.96. The molecule has 1 aromatic rings. The van der Waals surface area contributed by atoms with Gasteiger partial charge in [0, 0.05) is 12.7 Å². The third-order valence-corrected chi connectivity index (χ3v) is 2.94. The number of nitrogens with one attached hydrogen (secondary N) is 1. The van der Waals surface area contributed by atoms with Crippen LogP contribution < -0.4 is 5.32 Å². The van der Waals surface area contributed by atoms with Gasteiger partial charge in [-0.25, -0.2) is 4.68 Å². The van der Waals surface area contributed by atoms with Gasteiger partial charge in [0.05, 0.1) is 11.9 Å². The van der Waals surface area contributed by atoms with Gasteiger partial charge in [-0.05, 0) is 27.3 Å². The summed E-state index contributed by atoms with van der Waals surface area (Å²) in [6, 6.07) is 0.588. The topological polar surface area (TPSA) is 46.0 Å². The monoisotopic (exact) mass is 195 g/mol. The van der Waals surface area contributed by atoms with Crippen LogP contribution in [0.15, 0.2) is 6.20 Å². The summed E-state index contributed by atoms with van der Waals surface area (Å²) >= 11 is 0. The van der Waals surface area contributed by atoms with E-state index in [-0.39, 0.29) is 0 Å². The van der Waals surface area contributed by atoms with Crippen molar-refractivity contribution in [2.75, 3.05) is 13.7 Å². The summed E-state index contributed by atoms with van der Waals surface area (Å²) in [5.41, 5.74) is 1.11. The summed E-state index contributed by atoms with van der Waals surface area (Å²) in [5, 5.41) is 11.4. The van der Waals surface area contributed by atoms with Crippen molar-refractivity contribution in [3.05, 3.63) is 11.9 Å². The lowest BCUT2D eigenvalue weighted by atomic mass is 10.1. The molecule has 0 saturated carbocycles. The first-order valence-electron chi connectivity index (χ1n) is 4.99. The fourth-order valence-electron chi connectivity index (χ4n) is 1.78. The lowest BCUT2D eigenvalue weighted by Gasteiger charge is -2.36. The van der Waals surface area contributed by atoms with Crippen LogP contribution in [-0.4, -0.2) is 39.7 Å². The Labute approximate surface area is 84.1 Å². The molecule has 2 heterocycles. The molecule has 0 radical (unpaired) electrons. The highest BCUT2D eigenvalue weighted by Gasteiger charge is 2.24. The average Bonchev–Trinajstić information content (AvgIpc) is 2.57. The van der Waals surface area contributed by atoms with Gasteiger partial charge in [0.2, 0.25) is 0 Å². The standard InChI is InChI=1S/C9H17N5/c1-7-4-9(10-6-13(7)3)14-8(2)5-11-12-14/h5,7,9-10H,4,6H2,1-3H3/t7-,9+/m0/s1. The third-order valence-electron chi connectivity index (χ3n) is 2.94. The van der Waals surface area contributed by atoms with E-state index in [0.29, 0.717) is 12.2 Å². The van der Waals surface area contributed by atoms with E-state index in [1.54, 1.807) is 6.20 Å². The fraction of sp³-hybridized carbons (Fsp3) is 0.778. The molecule has 0 aromatic carbocycles. The van der Waals surface area contributed by atoms with Gasteiger partial charge in [0.1, 0.15) is 6.17 Å². The van der Waals surface area contributed by atoms with Crippen molar-refractivity contribution in [1.82, 2.24) is 25.2 Å². The van der Waals surface area contributed by atoms with E-state index in [0.717, 1.165) is 18.8 Å². The first-order valence-corrected chi connectivity index (χ1v) is 4.99. The van der Waals surface area contributed by atoms with Crippen LogP contribution in [-0.2, 0) is 0 Å². The normalized spacial score (nSPS) is 29.4. The second-order valence-corrected chi connectivity index (χ2v) is 4.04. The molecule has 0 spiro atoms. The van der Waals surface area contributed by atoms with Crippen molar-refractivity contribution in [2.24, 2.45) is 0 Å². The molecule has 78 valence electrons. The second kappa shape index (κ2) is 3.67. The summed E-state index contributed by atoms with van der Waals surface area (Å²) in [6.07, 6.45) is 3.16. The molecular formula is C9H17N5. The Bertz CT molecular complexity index is 308. The Morgan fingerprint density at radius 3 is 2.93 bits per heavy atom. The average molecular weight is 195 g/mol. The molecule has 5 heteroatoms. The van der Waals surface area contributed by atoms with E-state index in [1.807, 2.05) is 11.6 Å². The minimum Gasteiger partial charge on any atom is -0.291 e. The smallest absolute Gasteiger partial charge is 0.106 e. The van der Waals surface area contributed by atoms with Gasteiger partial charge < -0.3 is 0 Å².